The van der Waals surface area contributed by atoms with Crippen LogP contribution in [0.3, 0.4) is 0 Å². The van der Waals surface area contributed by atoms with Crippen LogP contribution < -0.4 is 5.32 Å². The van der Waals surface area contributed by atoms with Crippen LogP contribution in [0, 0.1) is 13.8 Å². The number of aryl methyl sites for hydroxylation is 2. The monoisotopic (exact) mass is 397 g/mol. The number of benzene rings is 1. The van der Waals surface area contributed by atoms with Gasteiger partial charge in [-0.05, 0) is 31.5 Å². The van der Waals surface area contributed by atoms with Crippen LogP contribution in [0.1, 0.15) is 21.8 Å². The van der Waals surface area contributed by atoms with E-state index in [9.17, 15) is 18.0 Å². The Hall–Kier alpha value is -2.26. The Labute approximate surface area is 155 Å². The lowest BCUT2D eigenvalue weighted by Gasteiger charge is -2.07. The Bertz CT molecular complexity index is 930. The predicted octanol–water partition coefficient (Wildman–Crippen LogP) is 5.08. The largest absolute Gasteiger partial charge is 0.416 e. The second-order valence-electron chi connectivity index (χ2n) is 5.60. The predicted molar refractivity (Wildman–Crippen MR) is 96.5 cm³/mol. The van der Waals surface area contributed by atoms with Crippen molar-refractivity contribution in [1.29, 1.82) is 0 Å². The minimum atomic E-state index is -4.38. The van der Waals surface area contributed by atoms with Crippen molar-refractivity contribution in [2.24, 2.45) is 0 Å². The fraction of sp³-hybridized carbons (Fsp3) is 0.235. The summed E-state index contributed by atoms with van der Waals surface area (Å²) in [4.78, 5) is 21.8. The van der Waals surface area contributed by atoms with Gasteiger partial charge in [-0.1, -0.05) is 12.1 Å². The van der Waals surface area contributed by atoms with Gasteiger partial charge in [0.2, 0.25) is 5.91 Å². The Balaban J connectivity index is 1.65. The minimum Gasteiger partial charge on any atom is -0.302 e. The number of alkyl halides is 3. The van der Waals surface area contributed by atoms with Crippen LogP contribution in [-0.2, 0) is 17.4 Å². The highest BCUT2D eigenvalue weighted by molar-refractivity contribution is 7.16. The van der Waals surface area contributed by atoms with Crippen molar-refractivity contribution in [1.82, 2.24) is 9.97 Å². The zero-order valence-electron chi connectivity index (χ0n) is 13.8. The molecule has 0 saturated heterocycles. The number of hydrogen-bond donors (Lipinski definition) is 1. The number of thiazole rings is 2. The standard InChI is InChI=1S/C17H14F3N3OS2/c1-9-15(26-10(2)21-9)13-8-25-16(22-13)23-14(24)7-11-3-5-12(6-4-11)17(18,19)20/h3-6,8H,7H2,1-2H3,(H,22,23,24). The smallest absolute Gasteiger partial charge is 0.302 e. The van der Waals surface area contributed by atoms with Gasteiger partial charge in [-0.15, -0.1) is 22.7 Å². The molecule has 4 nitrogen and oxygen atoms in total. The summed E-state index contributed by atoms with van der Waals surface area (Å²) < 4.78 is 37.7. The topological polar surface area (TPSA) is 54.9 Å². The second kappa shape index (κ2) is 7.16. The van der Waals surface area contributed by atoms with Crippen molar-refractivity contribution < 1.29 is 18.0 Å². The van der Waals surface area contributed by atoms with Gasteiger partial charge in [-0.25, -0.2) is 9.97 Å². The molecule has 3 rings (SSSR count). The highest BCUT2D eigenvalue weighted by atomic mass is 32.1. The fourth-order valence-electron chi connectivity index (χ4n) is 2.36. The summed E-state index contributed by atoms with van der Waals surface area (Å²) in [5.41, 5.74) is 1.41. The van der Waals surface area contributed by atoms with Gasteiger partial charge in [0, 0.05) is 5.38 Å². The van der Waals surface area contributed by atoms with Gasteiger partial charge in [0.05, 0.1) is 33.3 Å². The number of nitrogens with zero attached hydrogens (tertiary/aromatic N) is 2. The molecule has 0 fully saturated rings. The first kappa shape index (κ1) is 18.5. The van der Waals surface area contributed by atoms with E-state index in [1.807, 2.05) is 19.2 Å². The summed E-state index contributed by atoms with van der Waals surface area (Å²) in [5.74, 6) is -0.331. The first-order chi connectivity index (χ1) is 12.2. The van der Waals surface area contributed by atoms with Crippen LogP contribution in [0.2, 0.25) is 0 Å². The molecule has 9 heteroatoms. The zero-order valence-corrected chi connectivity index (χ0v) is 15.5. The molecule has 2 heterocycles. The summed E-state index contributed by atoms with van der Waals surface area (Å²) in [6, 6.07) is 4.55. The summed E-state index contributed by atoms with van der Waals surface area (Å²) in [6.07, 6.45) is -4.41. The third kappa shape index (κ3) is 4.28. The van der Waals surface area contributed by atoms with E-state index in [0.29, 0.717) is 10.7 Å². The maximum atomic E-state index is 12.6. The molecule has 0 radical (unpaired) electrons. The summed E-state index contributed by atoms with van der Waals surface area (Å²) in [5, 5.41) is 5.91. The van der Waals surface area contributed by atoms with E-state index in [4.69, 9.17) is 0 Å². The lowest BCUT2D eigenvalue weighted by atomic mass is 10.1. The third-order valence-corrected chi connectivity index (χ3v) is 5.39. The molecular weight excluding hydrogens is 383 g/mol. The molecule has 0 bridgehead atoms. The molecular formula is C17H14F3N3OS2. The van der Waals surface area contributed by atoms with E-state index in [1.165, 1.54) is 34.8 Å². The maximum absolute atomic E-state index is 12.6. The number of carbonyl (C=O) groups is 1. The number of hydrogen-bond acceptors (Lipinski definition) is 5. The van der Waals surface area contributed by atoms with Crippen LogP contribution >= 0.6 is 22.7 Å². The Morgan fingerprint density at radius 1 is 1.15 bits per heavy atom. The van der Waals surface area contributed by atoms with Crippen molar-refractivity contribution >= 4 is 33.7 Å². The highest BCUT2D eigenvalue weighted by Gasteiger charge is 2.30. The Kier molecular flexibility index (Phi) is 5.10. The van der Waals surface area contributed by atoms with E-state index in [1.54, 1.807) is 0 Å². The minimum absolute atomic E-state index is 0.0221. The van der Waals surface area contributed by atoms with Crippen molar-refractivity contribution in [2.75, 3.05) is 5.32 Å². The molecule has 0 atom stereocenters. The van der Waals surface area contributed by atoms with Gasteiger partial charge in [0.1, 0.15) is 0 Å². The van der Waals surface area contributed by atoms with Crippen molar-refractivity contribution in [3.63, 3.8) is 0 Å². The maximum Gasteiger partial charge on any atom is 0.416 e. The lowest BCUT2D eigenvalue weighted by Crippen LogP contribution is -2.14. The molecule has 3 aromatic rings. The normalized spacial score (nSPS) is 11.6. The number of carbonyl (C=O) groups excluding carboxylic acids is 1. The van der Waals surface area contributed by atoms with Crippen molar-refractivity contribution in [3.8, 4) is 10.6 Å². The Morgan fingerprint density at radius 3 is 2.42 bits per heavy atom. The molecule has 0 spiro atoms. The third-order valence-electron chi connectivity index (χ3n) is 3.53. The number of amides is 1. The van der Waals surface area contributed by atoms with E-state index in [-0.39, 0.29) is 12.3 Å². The molecule has 0 saturated carbocycles. The molecule has 1 amide bonds. The second-order valence-corrected chi connectivity index (χ2v) is 7.67. The van der Waals surface area contributed by atoms with Gasteiger partial charge >= 0.3 is 6.18 Å². The summed E-state index contributed by atoms with van der Waals surface area (Å²) in [6.45, 7) is 3.82. The Morgan fingerprint density at radius 2 is 1.85 bits per heavy atom. The van der Waals surface area contributed by atoms with Gasteiger partial charge in [0.15, 0.2) is 5.13 Å². The molecule has 2 aromatic heterocycles. The molecule has 0 aliphatic carbocycles. The molecule has 0 aliphatic rings. The quantitative estimate of drug-likeness (QED) is 0.668. The SMILES string of the molecule is Cc1nc(C)c(-c2csc(NC(=O)Cc3ccc(C(F)(F)F)cc3)n2)s1. The van der Waals surface area contributed by atoms with E-state index in [2.05, 4.69) is 15.3 Å². The number of anilines is 1. The fourth-order valence-corrected chi connectivity index (χ4v) is 4.04. The van der Waals surface area contributed by atoms with Crippen LogP contribution in [0.5, 0.6) is 0 Å². The number of rotatable bonds is 4. The summed E-state index contributed by atoms with van der Waals surface area (Å²) >= 11 is 2.83. The number of nitrogens with one attached hydrogen (secondary N) is 1. The van der Waals surface area contributed by atoms with Gasteiger partial charge in [0.25, 0.3) is 0 Å². The van der Waals surface area contributed by atoms with Crippen LogP contribution in [0.4, 0.5) is 18.3 Å². The first-order valence-corrected chi connectivity index (χ1v) is 9.28. The number of halogens is 3. The molecule has 0 unspecified atom stereocenters. The molecule has 136 valence electrons. The molecule has 1 N–H and O–H groups in total. The molecule has 0 aliphatic heterocycles. The van der Waals surface area contributed by atoms with Crippen LogP contribution in [0.25, 0.3) is 10.6 Å². The van der Waals surface area contributed by atoms with Crippen LogP contribution in [0.15, 0.2) is 29.6 Å². The average Bonchev–Trinajstić information content (AvgIpc) is 3.12. The zero-order chi connectivity index (χ0) is 18.9. The molecule has 1 aromatic carbocycles. The highest BCUT2D eigenvalue weighted by Crippen LogP contribution is 2.32. The van der Waals surface area contributed by atoms with Gasteiger partial charge in [-0.2, -0.15) is 13.2 Å². The number of aromatic nitrogens is 2. The van der Waals surface area contributed by atoms with Crippen LogP contribution in [-0.4, -0.2) is 15.9 Å². The lowest BCUT2D eigenvalue weighted by molar-refractivity contribution is -0.137. The van der Waals surface area contributed by atoms with Gasteiger partial charge < -0.3 is 5.32 Å². The van der Waals surface area contributed by atoms with Crippen molar-refractivity contribution in [3.05, 3.63) is 51.5 Å². The first-order valence-electron chi connectivity index (χ1n) is 7.58. The van der Waals surface area contributed by atoms with E-state index in [0.717, 1.165) is 33.4 Å². The van der Waals surface area contributed by atoms with E-state index >= 15 is 0 Å². The van der Waals surface area contributed by atoms with E-state index < -0.39 is 11.7 Å². The van der Waals surface area contributed by atoms with Gasteiger partial charge in [-0.3, -0.25) is 4.79 Å². The molecule has 26 heavy (non-hydrogen) atoms. The average molecular weight is 397 g/mol. The van der Waals surface area contributed by atoms with Crippen molar-refractivity contribution in [2.45, 2.75) is 26.4 Å². The summed E-state index contributed by atoms with van der Waals surface area (Å²) in [7, 11) is 0.